The normalized spacial score (nSPS) is 20.2. The molecule has 0 fully saturated rings. The van der Waals surface area contributed by atoms with Crippen LogP contribution in [0.4, 0.5) is 39.5 Å². The summed E-state index contributed by atoms with van der Waals surface area (Å²) in [6.45, 7) is 0. The molecule has 0 saturated heterocycles. The van der Waals surface area contributed by atoms with Crippen LogP contribution in [-0.4, -0.2) is 35.8 Å². The third-order valence-corrected chi connectivity index (χ3v) is 3.43. The van der Waals surface area contributed by atoms with Gasteiger partial charge in [0.25, 0.3) is 0 Å². The van der Waals surface area contributed by atoms with Crippen LogP contribution in [0.3, 0.4) is 0 Å². The number of allylic oxidation sites excluding steroid dienone is 1. The molecule has 1 heterocycles. The monoisotopic (exact) mass is 372 g/mol. The molecular weight excluding hydrogens is 359 g/mol. The van der Waals surface area contributed by atoms with Crippen molar-refractivity contribution >= 4 is 5.78 Å². The minimum atomic E-state index is -6.85. The van der Waals surface area contributed by atoms with Crippen molar-refractivity contribution in [3.05, 3.63) is 12.3 Å². The maximum atomic E-state index is 13.2. The number of hydrogen-bond acceptors (Lipinski definition) is 2. The molecule has 0 amide bonds. The van der Waals surface area contributed by atoms with Crippen LogP contribution in [0.1, 0.15) is 32.1 Å². The van der Waals surface area contributed by atoms with E-state index in [0.717, 1.165) is 12.3 Å². The second kappa shape index (κ2) is 6.83. The maximum absolute atomic E-state index is 13.2. The smallest absolute Gasteiger partial charge is 0.460 e. The Labute approximate surface area is 130 Å². The fourth-order valence-corrected chi connectivity index (χ4v) is 2.02. The largest absolute Gasteiger partial charge is 0.497 e. The van der Waals surface area contributed by atoms with Crippen LogP contribution >= 0.6 is 0 Å². The average Bonchev–Trinajstić information content (AvgIpc) is 2.42. The summed E-state index contributed by atoms with van der Waals surface area (Å²) in [6.07, 6.45) is -8.15. The third kappa shape index (κ3) is 4.15. The maximum Gasteiger partial charge on any atom is 0.460 e. The van der Waals surface area contributed by atoms with Crippen LogP contribution in [0.5, 0.6) is 0 Å². The lowest BCUT2D eigenvalue weighted by molar-refractivity contribution is -0.396. The number of alkyl halides is 9. The molecule has 2 nitrogen and oxygen atoms in total. The average molecular weight is 372 g/mol. The molecule has 1 unspecified atom stereocenters. The van der Waals surface area contributed by atoms with Crippen molar-refractivity contribution in [2.75, 3.05) is 0 Å². The highest BCUT2D eigenvalue weighted by molar-refractivity contribution is 5.90. The van der Waals surface area contributed by atoms with Crippen LogP contribution in [0.15, 0.2) is 12.3 Å². The Morgan fingerprint density at radius 1 is 0.958 bits per heavy atom. The van der Waals surface area contributed by atoms with Gasteiger partial charge in [0.05, 0.1) is 6.26 Å². The number of halogens is 9. The lowest BCUT2D eigenvalue weighted by atomic mass is 9.97. The van der Waals surface area contributed by atoms with E-state index in [9.17, 15) is 44.3 Å². The van der Waals surface area contributed by atoms with E-state index in [-0.39, 0.29) is 25.0 Å². The van der Waals surface area contributed by atoms with E-state index in [4.69, 9.17) is 4.74 Å². The second-order valence-electron chi connectivity index (χ2n) is 5.33. The Kier molecular flexibility index (Phi) is 5.87. The molecule has 0 radical (unpaired) electrons. The van der Waals surface area contributed by atoms with Gasteiger partial charge in [0.1, 0.15) is 6.10 Å². The number of rotatable bonds is 7. The highest BCUT2D eigenvalue weighted by Gasteiger charge is 2.81. The number of unbranched alkanes of at least 4 members (excludes halogenated alkanes) is 1. The summed E-state index contributed by atoms with van der Waals surface area (Å²) >= 11 is 0. The third-order valence-electron chi connectivity index (χ3n) is 3.43. The van der Waals surface area contributed by atoms with Crippen LogP contribution in [0.2, 0.25) is 0 Å². The highest BCUT2D eigenvalue weighted by Crippen LogP contribution is 2.54. The first-order valence-corrected chi connectivity index (χ1v) is 6.77. The number of carbonyl (C=O) groups is 1. The van der Waals surface area contributed by atoms with E-state index in [0.29, 0.717) is 0 Å². The number of ether oxygens (including phenoxy) is 1. The van der Waals surface area contributed by atoms with Crippen molar-refractivity contribution in [3.8, 4) is 0 Å². The van der Waals surface area contributed by atoms with Crippen molar-refractivity contribution in [1.29, 1.82) is 0 Å². The van der Waals surface area contributed by atoms with Crippen LogP contribution in [0, 0.1) is 0 Å². The first-order valence-electron chi connectivity index (χ1n) is 6.77. The molecule has 0 aromatic heterocycles. The van der Waals surface area contributed by atoms with E-state index in [1.165, 1.54) is 0 Å². The Morgan fingerprint density at radius 3 is 2.04 bits per heavy atom. The molecule has 0 aliphatic carbocycles. The predicted octanol–water partition coefficient (Wildman–Crippen LogP) is 4.89. The summed E-state index contributed by atoms with van der Waals surface area (Å²) in [4.78, 5) is 11.0. The molecule has 0 N–H and O–H groups in total. The minimum absolute atomic E-state index is 0.00655. The fraction of sp³-hybridized carbons (Fsp3) is 0.769. The van der Waals surface area contributed by atoms with Gasteiger partial charge in [0.2, 0.25) is 0 Å². The molecule has 1 rings (SSSR count). The minimum Gasteiger partial charge on any atom is -0.497 e. The molecular formula is C13H13F9O2. The van der Waals surface area contributed by atoms with Crippen molar-refractivity contribution in [3.63, 3.8) is 0 Å². The molecule has 24 heavy (non-hydrogen) atoms. The van der Waals surface area contributed by atoms with Gasteiger partial charge in [0.15, 0.2) is 5.78 Å². The molecule has 0 spiro atoms. The van der Waals surface area contributed by atoms with E-state index < -0.39 is 42.9 Å². The van der Waals surface area contributed by atoms with Gasteiger partial charge in [-0.2, -0.15) is 39.5 Å². The topological polar surface area (TPSA) is 26.3 Å². The van der Waals surface area contributed by atoms with Crippen LogP contribution < -0.4 is 0 Å². The molecule has 1 aliphatic heterocycles. The summed E-state index contributed by atoms with van der Waals surface area (Å²) in [5.41, 5.74) is 0. The molecule has 0 aromatic carbocycles. The van der Waals surface area contributed by atoms with Crippen molar-refractivity contribution in [2.24, 2.45) is 0 Å². The number of carbonyl (C=O) groups excluding carboxylic acids is 1. The van der Waals surface area contributed by atoms with Gasteiger partial charge in [0, 0.05) is 18.9 Å². The zero-order valence-corrected chi connectivity index (χ0v) is 12.0. The van der Waals surface area contributed by atoms with E-state index in [1.807, 2.05) is 0 Å². The van der Waals surface area contributed by atoms with Gasteiger partial charge in [-0.1, -0.05) is 0 Å². The quantitative estimate of drug-likeness (QED) is 0.470. The Hall–Kier alpha value is -1.42. The zero-order valence-electron chi connectivity index (χ0n) is 12.0. The molecule has 1 atom stereocenters. The lowest BCUT2D eigenvalue weighted by Gasteiger charge is -2.33. The molecule has 1 aliphatic rings. The van der Waals surface area contributed by atoms with Gasteiger partial charge in [-0.3, -0.25) is 4.79 Å². The fourth-order valence-electron chi connectivity index (χ4n) is 2.02. The Morgan fingerprint density at radius 2 is 1.54 bits per heavy atom. The Bertz CT molecular complexity index is 482. The zero-order chi connectivity index (χ0) is 18.8. The van der Waals surface area contributed by atoms with Crippen molar-refractivity contribution in [1.82, 2.24) is 0 Å². The SMILES string of the molecule is O=C1C=COC(CCCCC(F)(F)C(F)(F)C(F)(F)C(F)(F)F)C1. The van der Waals surface area contributed by atoms with Crippen molar-refractivity contribution in [2.45, 2.75) is 62.2 Å². The molecule has 0 saturated carbocycles. The number of hydrogen-bond donors (Lipinski definition) is 0. The van der Waals surface area contributed by atoms with Crippen LogP contribution in [-0.2, 0) is 9.53 Å². The van der Waals surface area contributed by atoms with Gasteiger partial charge in [-0.25, -0.2) is 0 Å². The van der Waals surface area contributed by atoms with Crippen molar-refractivity contribution < 1.29 is 49.0 Å². The Balaban J connectivity index is 2.59. The number of ketones is 1. The lowest BCUT2D eigenvalue weighted by Crippen LogP contribution is -2.60. The summed E-state index contributed by atoms with van der Waals surface area (Å²) in [6, 6.07) is 0. The first-order chi connectivity index (χ1) is 10.7. The van der Waals surface area contributed by atoms with E-state index in [2.05, 4.69) is 0 Å². The van der Waals surface area contributed by atoms with E-state index >= 15 is 0 Å². The van der Waals surface area contributed by atoms with Gasteiger partial charge < -0.3 is 4.74 Å². The standard InChI is InChI=1S/C13H13F9O2/c14-10(15,11(16,17)12(18,19)13(20,21)22)5-2-1-3-9-7-8(23)4-6-24-9/h4,6,9H,1-3,5,7H2. The summed E-state index contributed by atoms with van der Waals surface area (Å²) in [5.74, 6) is -19.3. The van der Waals surface area contributed by atoms with Crippen LogP contribution in [0.25, 0.3) is 0 Å². The molecule has 0 aromatic rings. The summed E-state index contributed by atoms with van der Waals surface area (Å²) < 4.78 is 118. The second-order valence-corrected chi connectivity index (χ2v) is 5.33. The van der Waals surface area contributed by atoms with Gasteiger partial charge >= 0.3 is 23.9 Å². The predicted molar refractivity (Wildman–Crippen MR) is 63.0 cm³/mol. The molecule has 140 valence electrons. The summed E-state index contributed by atoms with van der Waals surface area (Å²) in [7, 11) is 0. The van der Waals surface area contributed by atoms with E-state index in [1.54, 1.807) is 0 Å². The summed E-state index contributed by atoms with van der Waals surface area (Å²) in [5, 5.41) is 0. The first kappa shape index (κ1) is 20.6. The highest BCUT2D eigenvalue weighted by atomic mass is 19.4. The molecule has 0 bridgehead atoms. The van der Waals surface area contributed by atoms with Gasteiger partial charge in [-0.05, 0) is 19.3 Å². The van der Waals surface area contributed by atoms with Gasteiger partial charge in [-0.15, -0.1) is 0 Å². The molecule has 11 heteroatoms.